The summed E-state index contributed by atoms with van der Waals surface area (Å²) < 4.78 is 10.8. The van der Waals surface area contributed by atoms with Crippen molar-refractivity contribution in [2.75, 3.05) is 50.2 Å². The van der Waals surface area contributed by atoms with E-state index in [0.717, 1.165) is 24.7 Å². The highest BCUT2D eigenvalue weighted by Crippen LogP contribution is 2.08. The molecule has 2 N–H and O–H groups in total. The Balaban J connectivity index is 1.95. The molecule has 2 heterocycles. The van der Waals surface area contributed by atoms with Gasteiger partial charge in [-0.25, -0.2) is 4.98 Å². The summed E-state index contributed by atoms with van der Waals surface area (Å²) in [4.78, 5) is 4.40. The highest BCUT2D eigenvalue weighted by atomic mass is 16.5. The Morgan fingerprint density at radius 3 is 2.00 bits per heavy atom. The van der Waals surface area contributed by atoms with Gasteiger partial charge in [-0.15, -0.1) is 0 Å². The van der Waals surface area contributed by atoms with Crippen LogP contribution in [0.25, 0.3) is 0 Å². The zero-order valence-corrected chi connectivity index (χ0v) is 9.24. The van der Waals surface area contributed by atoms with E-state index in [4.69, 9.17) is 9.47 Å². The van der Waals surface area contributed by atoms with E-state index in [1.165, 1.54) is 0 Å². The van der Waals surface area contributed by atoms with Crippen molar-refractivity contribution in [3.63, 3.8) is 0 Å². The maximum absolute atomic E-state index is 5.38. The predicted octanol–water partition coefficient (Wildman–Crippen LogP) is 0.952. The standard InChI is InChI=1S/C11H17N3O2/c1-2-10-12-4-6-15-8-9-16-7-5-13-11(3-1)14-10/h1-3H,4-9H2,(H2,12,13,14). The van der Waals surface area contributed by atoms with Crippen LogP contribution in [0.15, 0.2) is 18.2 Å². The lowest BCUT2D eigenvalue weighted by molar-refractivity contribution is 0.0557. The number of hydrogen-bond donors (Lipinski definition) is 2. The lowest BCUT2D eigenvalue weighted by Crippen LogP contribution is -2.13. The Kier molecular flexibility index (Phi) is 4.39. The van der Waals surface area contributed by atoms with Crippen LogP contribution in [0.3, 0.4) is 0 Å². The van der Waals surface area contributed by atoms with Gasteiger partial charge in [-0.2, -0.15) is 0 Å². The summed E-state index contributed by atoms with van der Waals surface area (Å²) in [6, 6.07) is 5.86. The average Bonchev–Trinajstić information content (AvgIpc) is 2.32. The van der Waals surface area contributed by atoms with Gasteiger partial charge in [-0.1, -0.05) is 6.07 Å². The first-order chi connectivity index (χ1) is 7.95. The number of pyridine rings is 1. The lowest BCUT2D eigenvalue weighted by atomic mass is 10.4. The van der Waals surface area contributed by atoms with Gasteiger partial charge in [0.25, 0.3) is 0 Å². The van der Waals surface area contributed by atoms with Crippen molar-refractivity contribution in [3.05, 3.63) is 18.2 Å². The van der Waals surface area contributed by atoms with Gasteiger partial charge in [0.2, 0.25) is 0 Å². The molecule has 0 saturated carbocycles. The van der Waals surface area contributed by atoms with Crippen molar-refractivity contribution < 1.29 is 9.47 Å². The minimum atomic E-state index is 0.646. The minimum absolute atomic E-state index is 0.646. The second kappa shape index (κ2) is 6.30. The van der Waals surface area contributed by atoms with E-state index in [-0.39, 0.29) is 0 Å². The molecule has 88 valence electrons. The molecule has 1 aliphatic heterocycles. The Morgan fingerprint density at radius 2 is 1.44 bits per heavy atom. The number of hydrogen-bond acceptors (Lipinski definition) is 5. The summed E-state index contributed by atoms with van der Waals surface area (Å²) in [5, 5.41) is 6.41. The fourth-order valence-corrected chi connectivity index (χ4v) is 1.46. The molecule has 0 radical (unpaired) electrons. The van der Waals surface area contributed by atoms with Crippen LogP contribution < -0.4 is 10.6 Å². The average molecular weight is 223 g/mol. The molecule has 0 fully saturated rings. The molecule has 2 rings (SSSR count). The fourth-order valence-electron chi connectivity index (χ4n) is 1.46. The Bertz CT molecular complexity index is 293. The fraction of sp³-hybridized carbons (Fsp3) is 0.545. The van der Waals surface area contributed by atoms with E-state index in [2.05, 4.69) is 15.6 Å². The monoisotopic (exact) mass is 223 g/mol. The van der Waals surface area contributed by atoms with Crippen molar-refractivity contribution in [1.82, 2.24) is 4.98 Å². The van der Waals surface area contributed by atoms with Gasteiger partial charge in [-0.3, -0.25) is 0 Å². The van der Waals surface area contributed by atoms with Crippen LogP contribution in [-0.4, -0.2) is 44.5 Å². The zero-order valence-electron chi connectivity index (χ0n) is 9.24. The van der Waals surface area contributed by atoms with Crippen LogP contribution >= 0.6 is 0 Å². The SMILES string of the molecule is c1cc2nc(c1)NCCOCCOCCN2. The number of rotatable bonds is 0. The van der Waals surface area contributed by atoms with Crippen LogP contribution in [0.4, 0.5) is 11.6 Å². The molecule has 5 nitrogen and oxygen atoms in total. The van der Waals surface area contributed by atoms with Gasteiger partial charge in [0, 0.05) is 13.1 Å². The first-order valence-electron chi connectivity index (χ1n) is 5.55. The number of nitrogens with one attached hydrogen (secondary N) is 2. The van der Waals surface area contributed by atoms with Gasteiger partial charge < -0.3 is 20.1 Å². The molecule has 0 spiro atoms. The van der Waals surface area contributed by atoms with E-state index >= 15 is 0 Å². The third kappa shape index (κ3) is 3.67. The molecular weight excluding hydrogens is 206 g/mol. The molecule has 0 saturated heterocycles. The first-order valence-corrected chi connectivity index (χ1v) is 5.55. The normalized spacial score (nSPS) is 18.2. The minimum Gasteiger partial charge on any atom is -0.377 e. The van der Waals surface area contributed by atoms with Crippen molar-refractivity contribution in [2.45, 2.75) is 0 Å². The molecule has 2 bridgehead atoms. The second-order valence-corrected chi connectivity index (χ2v) is 3.49. The Hall–Kier alpha value is -1.33. The van der Waals surface area contributed by atoms with Crippen LogP contribution in [0.5, 0.6) is 0 Å². The van der Waals surface area contributed by atoms with Crippen LogP contribution in [0.2, 0.25) is 0 Å². The summed E-state index contributed by atoms with van der Waals surface area (Å²) in [6.45, 7) is 4.15. The van der Waals surface area contributed by atoms with Crippen molar-refractivity contribution >= 4 is 11.6 Å². The van der Waals surface area contributed by atoms with Crippen LogP contribution in [-0.2, 0) is 9.47 Å². The van der Waals surface area contributed by atoms with Crippen LogP contribution in [0, 0.1) is 0 Å². The molecule has 0 atom stereocenters. The highest BCUT2D eigenvalue weighted by Gasteiger charge is 1.98. The van der Waals surface area contributed by atoms with E-state index in [9.17, 15) is 0 Å². The maximum Gasteiger partial charge on any atom is 0.128 e. The largest absolute Gasteiger partial charge is 0.377 e. The van der Waals surface area contributed by atoms with E-state index in [1.54, 1.807) is 0 Å². The Morgan fingerprint density at radius 1 is 0.875 bits per heavy atom. The molecule has 0 aromatic carbocycles. The molecule has 1 aromatic heterocycles. The van der Waals surface area contributed by atoms with Crippen molar-refractivity contribution in [1.29, 1.82) is 0 Å². The molecule has 0 aliphatic carbocycles. The summed E-state index contributed by atoms with van der Waals surface area (Å²) >= 11 is 0. The molecular formula is C11H17N3O2. The Labute approximate surface area is 95.2 Å². The van der Waals surface area contributed by atoms with Crippen molar-refractivity contribution in [3.8, 4) is 0 Å². The third-order valence-corrected chi connectivity index (χ3v) is 2.23. The molecule has 5 heteroatoms. The van der Waals surface area contributed by atoms with Crippen LogP contribution in [0.1, 0.15) is 0 Å². The molecule has 1 aromatic rings. The van der Waals surface area contributed by atoms with Gasteiger partial charge in [-0.05, 0) is 12.1 Å². The molecule has 0 amide bonds. The zero-order chi connectivity index (χ0) is 11.1. The first kappa shape index (κ1) is 11.2. The second-order valence-electron chi connectivity index (χ2n) is 3.49. The van der Waals surface area contributed by atoms with E-state index < -0.39 is 0 Å². The summed E-state index contributed by atoms with van der Waals surface area (Å²) in [6.07, 6.45) is 0. The molecule has 0 unspecified atom stereocenters. The molecule has 16 heavy (non-hydrogen) atoms. The number of nitrogens with zero attached hydrogens (tertiary/aromatic N) is 1. The third-order valence-electron chi connectivity index (χ3n) is 2.23. The quantitative estimate of drug-likeness (QED) is 0.686. The summed E-state index contributed by atoms with van der Waals surface area (Å²) in [5.74, 6) is 1.74. The summed E-state index contributed by atoms with van der Waals surface area (Å²) in [7, 11) is 0. The lowest BCUT2D eigenvalue weighted by Gasteiger charge is -2.07. The number of ether oxygens (including phenoxy) is 2. The number of aromatic nitrogens is 1. The van der Waals surface area contributed by atoms with Gasteiger partial charge in [0.05, 0.1) is 26.4 Å². The van der Waals surface area contributed by atoms with Gasteiger partial charge >= 0.3 is 0 Å². The number of anilines is 2. The highest BCUT2D eigenvalue weighted by molar-refractivity contribution is 5.44. The van der Waals surface area contributed by atoms with E-state index in [0.29, 0.717) is 26.4 Å². The number of fused-ring (bicyclic) bond motifs is 2. The van der Waals surface area contributed by atoms with Crippen molar-refractivity contribution in [2.24, 2.45) is 0 Å². The maximum atomic E-state index is 5.38. The van der Waals surface area contributed by atoms with Gasteiger partial charge in [0.15, 0.2) is 0 Å². The predicted molar refractivity (Wildman–Crippen MR) is 62.9 cm³/mol. The topological polar surface area (TPSA) is 55.4 Å². The summed E-state index contributed by atoms with van der Waals surface area (Å²) in [5.41, 5.74) is 0. The van der Waals surface area contributed by atoms with E-state index in [1.807, 2.05) is 18.2 Å². The smallest absolute Gasteiger partial charge is 0.128 e. The van der Waals surface area contributed by atoms with Gasteiger partial charge in [0.1, 0.15) is 11.6 Å². The molecule has 1 aliphatic rings.